The van der Waals surface area contributed by atoms with Crippen molar-refractivity contribution >= 4 is 5.82 Å². The predicted octanol–water partition coefficient (Wildman–Crippen LogP) is 2.52. The fourth-order valence-corrected chi connectivity index (χ4v) is 2.40. The lowest BCUT2D eigenvalue weighted by atomic mass is 10.2. The number of nitrogens with zero attached hydrogens (tertiary/aromatic N) is 5. The van der Waals surface area contributed by atoms with Crippen LogP contribution < -0.4 is 9.64 Å². The monoisotopic (exact) mass is 289 g/mol. The average Bonchev–Trinajstić information content (AvgIpc) is 2.75. The van der Waals surface area contributed by atoms with Gasteiger partial charge in [-0.25, -0.2) is 9.97 Å². The zero-order chi connectivity index (χ0) is 15.6. The molecule has 2 heterocycles. The molecule has 0 fully saturated rings. The van der Waals surface area contributed by atoms with Gasteiger partial charge in [0.25, 0.3) is 0 Å². The Morgan fingerprint density at radius 1 is 1.29 bits per heavy atom. The van der Waals surface area contributed by atoms with E-state index in [0.29, 0.717) is 11.9 Å². The van der Waals surface area contributed by atoms with Crippen LogP contribution in [0.2, 0.25) is 0 Å². The quantitative estimate of drug-likeness (QED) is 0.846. The molecule has 2 aromatic heterocycles. The summed E-state index contributed by atoms with van der Waals surface area (Å²) in [6.45, 7) is 9.20. The van der Waals surface area contributed by atoms with Gasteiger partial charge in [-0.1, -0.05) is 0 Å². The minimum absolute atomic E-state index is 0.363. The Bertz CT molecular complexity index is 621. The molecule has 0 spiro atoms. The lowest BCUT2D eigenvalue weighted by Gasteiger charge is -2.19. The Morgan fingerprint density at radius 2 is 2.00 bits per heavy atom. The van der Waals surface area contributed by atoms with E-state index in [2.05, 4.69) is 52.3 Å². The minimum Gasteiger partial charge on any atom is -0.481 e. The van der Waals surface area contributed by atoms with Crippen LogP contribution in [-0.2, 0) is 6.54 Å². The zero-order valence-electron chi connectivity index (χ0n) is 13.6. The smallest absolute Gasteiger partial charge is 0.218 e. The average molecular weight is 289 g/mol. The molecule has 6 heteroatoms. The standard InChI is InChI=1S/C15H23N5O/c1-10(2)20-12(4)13(11(3)18-20)8-19(5)14-7-15(21-6)17-9-16-14/h7,9-10H,8H2,1-6H3. The van der Waals surface area contributed by atoms with Crippen molar-refractivity contribution in [3.63, 3.8) is 0 Å². The molecule has 0 N–H and O–H groups in total. The molecule has 0 atom stereocenters. The van der Waals surface area contributed by atoms with Crippen LogP contribution in [0.5, 0.6) is 5.88 Å². The molecule has 0 bridgehead atoms. The van der Waals surface area contributed by atoms with Crippen molar-refractivity contribution in [3.8, 4) is 5.88 Å². The van der Waals surface area contributed by atoms with Crippen LogP contribution in [0.1, 0.15) is 36.8 Å². The second-order valence-electron chi connectivity index (χ2n) is 5.46. The van der Waals surface area contributed by atoms with E-state index in [0.717, 1.165) is 18.1 Å². The van der Waals surface area contributed by atoms with Gasteiger partial charge in [-0.15, -0.1) is 0 Å². The highest BCUT2D eigenvalue weighted by Crippen LogP contribution is 2.21. The maximum Gasteiger partial charge on any atom is 0.218 e. The van der Waals surface area contributed by atoms with Gasteiger partial charge in [-0.05, 0) is 27.7 Å². The Kier molecular flexibility index (Phi) is 4.45. The summed E-state index contributed by atoms with van der Waals surface area (Å²) < 4.78 is 7.21. The van der Waals surface area contributed by atoms with Crippen LogP contribution in [-0.4, -0.2) is 33.9 Å². The highest BCUT2D eigenvalue weighted by Gasteiger charge is 2.16. The zero-order valence-corrected chi connectivity index (χ0v) is 13.6. The lowest BCUT2D eigenvalue weighted by molar-refractivity contribution is 0.397. The number of rotatable bonds is 5. The van der Waals surface area contributed by atoms with Crippen molar-refractivity contribution in [1.82, 2.24) is 19.7 Å². The number of hydrogen-bond donors (Lipinski definition) is 0. The van der Waals surface area contributed by atoms with Gasteiger partial charge in [0, 0.05) is 37.0 Å². The van der Waals surface area contributed by atoms with Crippen LogP contribution in [0.4, 0.5) is 5.82 Å². The van der Waals surface area contributed by atoms with Crippen LogP contribution in [0.25, 0.3) is 0 Å². The molecular weight excluding hydrogens is 266 g/mol. The number of aryl methyl sites for hydroxylation is 1. The Morgan fingerprint density at radius 3 is 2.57 bits per heavy atom. The molecule has 0 aliphatic heterocycles. The van der Waals surface area contributed by atoms with Gasteiger partial charge in [-0.3, -0.25) is 4.68 Å². The summed E-state index contributed by atoms with van der Waals surface area (Å²) in [6.07, 6.45) is 1.52. The number of ether oxygens (including phenoxy) is 1. The molecule has 0 aliphatic carbocycles. The van der Waals surface area contributed by atoms with E-state index in [1.54, 1.807) is 7.11 Å². The van der Waals surface area contributed by atoms with Gasteiger partial charge in [0.15, 0.2) is 0 Å². The summed E-state index contributed by atoms with van der Waals surface area (Å²) >= 11 is 0. The third-order valence-electron chi connectivity index (χ3n) is 3.59. The number of methoxy groups -OCH3 is 1. The van der Waals surface area contributed by atoms with Gasteiger partial charge < -0.3 is 9.64 Å². The maximum absolute atomic E-state index is 5.14. The minimum atomic E-state index is 0.363. The molecule has 2 aromatic rings. The molecule has 114 valence electrons. The molecule has 0 amide bonds. The first-order valence-corrected chi connectivity index (χ1v) is 7.05. The molecule has 2 rings (SSSR count). The van der Waals surface area contributed by atoms with Crippen LogP contribution in [0, 0.1) is 13.8 Å². The van der Waals surface area contributed by atoms with E-state index in [9.17, 15) is 0 Å². The first-order chi connectivity index (χ1) is 9.93. The van der Waals surface area contributed by atoms with Gasteiger partial charge in [-0.2, -0.15) is 5.10 Å². The van der Waals surface area contributed by atoms with Crippen LogP contribution in [0.15, 0.2) is 12.4 Å². The normalized spacial score (nSPS) is 11.0. The number of aromatic nitrogens is 4. The molecular formula is C15H23N5O. The van der Waals surface area contributed by atoms with E-state index < -0.39 is 0 Å². The second kappa shape index (κ2) is 6.11. The first-order valence-electron chi connectivity index (χ1n) is 7.05. The van der Waals surface area contributed by atoms with Crippen molar-refractivity contribution in [1.29, 1.82) is 0 Å². The summed E-state index contributed by atoms with van der Waals surface area (Å²) in [5, 5.41) is 4.62. The summed E-state index contributed by atoms with van der Waals surface area (Å²) in [5.41, 5.74) is 3.51. The molecule has 0 unspecified atom stereocenters. The molecule has 0 saturated carbocycles. The van der Waals surface area contributed by atoms with Crippen LogP contribution in [0.3, 0.4) is 0 Å². The van der Waals surface area contributed by atoms with E-state index in [4.69, 9.17) is 4.74 Å². The highest BCUT2D eigenvalue weighted by atomic mass is 16.5. The van der Waals surface area contributed by atoms with Crippen molar-refractivity contribution in [2.45, 2.75) is 40.3 Å². The van der Waals surface area contributed by atoms with Gasteiger partial charge in [0.2, 0.25) is 5.88 Å². The van der Waals surface area contributed by atoms with E-state index >= 15 is 0 Å². The van der Waals surface area contributed by atoms with Crippen molar-refractivity contribution in [2.24, 2.45) is 0 Å². The Labute approximate surface area is 125 Å². The molecule has 6 nitrogen and oxygen atoms in total. The summed E-state index contributed by atoms with van der Waals surface area (Å²) in [4.78, 5) is 10.4. The van der Waals surface area contributed by atoms with Crippen molar-refractivity contribution < 1.29 is 4.74 Å². The van der Waals surface area contributed by atoms with Crippen molar-refractivity contribution in [2.75, 3.05) is 19.1 Å². The van der Waals surface area contributed by atoms with E-state index in [1.165, 1.54) is 17.6 Å². The summed E-state index contributed by atoms with van der Waals surface area (Å²) in [6, 6.07) is 2.19. The molecule has 21 heavy (non-hydrogen) atoms. The molecule has 0 aromatic carbocycles. The van der Waals surface area contributed by atoms with Crippen LogP contribution >= 0.6 is 0 Å². The van der Waals surface area contributed by atoms with Crippen molar-refractivity contribution in [3.05, 3.63) is 29.3 Å². The molecule has 0 aliphatic rings. The fraction of sp³-hybridized carbons (Fsp3) is 0.533. The SMILES string of the molecule is COc1cc(N(C)Cc2c(C)nn(C(C)C)c2C)ncn1. The lowest BCUT2D eigenvalue weighted by Crippen LogP contribution is -2.19. The van der Waals surface area contributed by atoms with E-state index in [-0.39, 0.29) is 0 Å². The third-order valence-corrected chi connectivity index (χ3v) is 3.59. The predicted molar refractivity (Wildman–Crippen MR) is 82.8 cm³/mol. The second-order valence-corrected chi connectivity index (χ2v) is 5.46. The number of hydrogen-bond acceptors (Lipinski definition) is 5. The topological polar surface area (TPSA) is 56.1 Å². The summed E-state index contributed by atoms with van der Waals surface area (Å²) in [7, 11) is 3.61. The Hall–Kier alpha value is -2.11. The largest absolute Gasteiger partial charge is 0.481 e. The summed E-state index contributed by atoms with van der Waals surface area (Å²) in [5.74, 6) is 1.40. The highest BCUT2D eigenvalue weighted by molar-refractivity contribution is 5.42. The van der Waals surface area contributed by atoms with Gasteiger partial charge >= 0.3 is 0 Å². The third kappa shape index (κ3) is 3.15. The number of anilines is 1. The fourth-order valence-electron chi connectivity index (χ4n) is 2.40. The Balaban J connectivity index is 2.25. The molecule has 0 saturated heterocycles. The maximum atomic E-state index is 5.14. The molecule has 0 radical (unpaired) electrons. The van der Waals surface area contributed by atoms with Gasteiger partial charge in [0.05, 0.1) is 12.8 Å². The van der Waals surface area contributed by atoms with Gasteiger partial charge in [0.1, 0.15) is 12.1 Å². The first kappa shape index (κ1) is 15.3. The van der Waals surface area contributed by atoms with E-state index in [1.807, 2.05) is 13.1 Å².